The van der Waals surface area contributed by atoms with Crippen molar-refractivity contribution in [2.24, 2.45) is 5.73 Å². The van der Waals surface area contributed by atoms with Crippen LogP contribution in [0.3, 0.4) is 0 Å². The standard InChI is InChI=1S/C15H17N5O/c16-7-1-4-13-5-6-14(18-12-13)15(21)17-8-2-10-20-11-3-9-19-20/h3,5-6,9,11-12H,2,7-8,10,16H2,(H,17,21). The lowest BCUT2D eigenvalue weighted by Gasteiger charge is -2.05. The van der Waals surface area contributed by atoms with Gasteiger partial charge in [-0.15, -0.1) is 0 Å². The molecule has 0 aliphatic heterocycles. The lowest BCUT2D eigenvalue weighted by atomic mass is 10.2. The maximum Gasteiger partial charge on any atom is 0.269 e. The summed E-state index contributed by atoms with van der Waals surface area (Å²) in [7, 11) is 0. The van der Waals surface area contributed by atoms with E-state index in [4.69, 9.17) is 5.73 Å². The number of carbonyl (C=O) groups excluding carboxylic acids is 1. The number of pyridine rings is 1. The van der Waals surface area contributed by atoms with E-state index >= 15 is 0 Å². The fraction of sp³-hybridized carbons (Fsp3) is 0.267. The Morgan fingerprint density at radius 1 is 1.43 bits per heavy atom. The molecular weight excluding hydrogens is 266 g/mol. The van der Waals surface area contributed by atoms with Gasteiger partial charge in [-0.05, 0) is 24.6 Å². The Hall–Kier alpha value is -2.65. The Bertz CT molecular complexity index is 622. The summed E-state index contributed by atoms with van der Waals surface area (Å²) in [5.74, 6) is 5.41. The molecule has 6 heteroatoms. The first kappa shape index (κ1) is 14.8. The summed E-state index contributed by atoms with van der Waals surface area (Å²) in [5, 5.41) is 6.92. The highest BCUT2D eigenvalue weighted by Crippen LogP contribution is 1.99. The van der Waals surface area contributed by atoms with Gasteiger partial charge in [-0.25, -0.2) is 4.98 Å². The third-order valence-corrected chi connectivity index (χ3v) is 2.74. The third kappa shape index (κ3) is 4.75. The molecule has 2 rings (SSSR count). The van der Waals surface area contributed by atoms with Crippen molar-refractivity contribution >= 4 is 5.91 Å². The first-order valence-corrected chi connectivity index (χ1v) is 6.70. The number of hydrogen-bond donors (Lipinski definition) is 2. The third-order valence-electron chi connectivity index (χ3n) is 2.74. The molecule has 1 amide bonds. The van der Waals surface area contributed by atoms with Crippen molar-refractivity contribution in [3.8, 4) is 11.8 Å². The van der Waals surface area contributed by atoms with Gasteiger partial charge in [-0.1, -0.05) is 11.8 Å². The van der Waals surface area contributed by atoms with E-state index in [1.807, 2.05) is 16.9 Å². The molecule has 0 spiro atoms. The molecule has 6 nitrogen and oxygen atoms in total. The number of carbonyl (C=O) groups is 1. The van der Waals surface area contributed by atoms with Crippen LogP contribution in [0.25, 0.3) is 0 Å². The van der Waals surface area contributed by atoms with Crippen LogP contribution in [0.4, 0.5) is 0 Å². The molecule has 0 unspecified atom stereocenters. The van der Waals surface area contributed by atoms with Crippen LogP contribution in [0.2, 0.25) is 0 Å². The van der Waals surface area contributed by atoms with E-state index in [0.717, 1.165) is 18.5 Å². The van der Waals surface area contributed by atoms with Gasteiger partial charge >= 0.3 is 0 Å². The molecule has 0 bridgehead atoms. The van der Waals surface area contributed by atoms with Gasteiger partial charge in [0.2, 0.25) is 0 Å². The lowest BCUT2D eigenvalue weighted by molar-refractivity contribution is 0.0947. The number of aryl methyl sites for hydroxylation is 1. The van der Waals surface area contributed by atoms with Gasteiger partial charge in [-0.3, -0.25) is 9.48 Å². The molecule has 2 aromatic heterocycles. The van der Waals surface area contributed by atoms with Crippen molar-refractivity contribution in [3.05, 3.63) is 48.0 Å². The second kappa shape index (κ2) is 7.82. The summed E-state index contributed by atoms with van der Waals surface area (Å²) in [6.07, 6.45) is 6.01. The number of aromatic nitrogens is 3. The molecule has 2 heterocycles. The Kier molecular flexibility index (Phi) is 5.50. The summed E-state index contributed by atoms with van der Waals surface area (Å²) in [6, 6.07) is 5.29. The minimum Gasteiger partial charge on any atom is -0.351 e. The highest BCUT2D eigenvalue weighted by atomic mass is 16.1. The minimum absolute atomic E-state index is 0.186. The van der Waals surface area contributed by atoms with E-state index in [9.17, 15) is 4.79 Å². The smallest absolute Gasteiger partial charge is 0.269 e. The SMILES string of the molecule is NCC#Cc1ccc(C(=O)NCCCn2cccn2)nc1. The van der Waals surface area contributed by atoms with Crippen molar-refractivity contribution in [3.63, 3.8) is 0 Å². The minimum atomic E-state index is -0.186. The molecule has 21 heavy (non-hydrogen) atoms. The molecule has 3 N–H and O–H groups in total. The average Bonchev–Trinajstić information content (AvgIpc) is 3.03. The Morgan fingerprint density at radius 3 is 3.00 bits per heavy atom. The van der Waals surface area contributed by atoms with Crippen LogP contribution in [0.1, 0.15) is 22.5 Å². The number of nitrogens with zero attached hydrogens (tertiary/aromatic N) is 3. The van der Waals surface area contributed by atoms with E-state index in [-0.39, 0.29) is 5.91 Å². The normalized spacial score (nSPS) is 9.76. The molecule has 2 aromatic rings. The second-order valence-electron chi connectivity index (χ2n) is 4.32. The number of amides is 1. The zero-order valence-corrected chi connectivity index (χ0v) is 11.6. The molecule has 0 atom stereocenters. The molecule has 0 saturated carbocycles. The summed E-state index contributed by atoms with van der Waals surface area (Å²) < 4.78 is 1.83. The zero-order valence-electron chi connectivity index (χ0n) is 11.6. The molecule has 0 fully saturated rings. The van der Waals surface area contributed by atoms with Crippen molar-refractivity contribution in [1.82, 2.24) is 20.1 Å². The van der Waals surface area contributed by atoms with E-state index in [2.05, 4.69) is 27.2 Å². The first-order valence-electron chi connectivity index (χ1n) is 6.70. The quantitative estimate of drug-likeness (QED) is 0.614. The van der Waals surface area contributed by atoms with Gasteiger partial charge in [0.1, 0.15) is 5.69 Å². The van der Waals surface area contributed by atoms with E-state index in [0.29, 0.717) is 18.8 Å². The Balaban J connectivity index is 1.77. The van der Waals surface area contributed by atoms with Gasteiger partial charge in [0, 0.05) is 37.2 Å². The summed E-state index contributed by atoms with van der Waals surface area (Å²) >= 11 is 0. The van der Waals surface area contributed by atoms with Crippen LogP contribution in [0, 0.1) is 11.8 Å². The van der Waals surface area contributed by atoms with Gasteiger partial charge in [-0.2, -0.15) is 5.10 Å². The largest absolute Gasteiger partial charge is 0.351 e. The van der Waals surface area contributed by atoms with Crippen LogP contribution in [-0.4, -0.2) is 33.8 Å². The molecule has 0 aliphatic carbocycles. The van der Waals surface area contributed by atoms with Crippen molar-refractivity contribution in [1.29, 1.82) is 0 Å². The number of hydrogen-bond acceptors (Lipinski definition) is 4. The Morgan fingerprint density at radius 2 is 2.33 bits per heavy atom. The fourth-order valence-corrected chi connectivity index (χ4v) is 1.72. The van der Waals surface area contributed by atoms with E-state index in [1.165, 1.54) is 0 Å². The van der Waals surface area contributed by atoms with Gasteiger partial charge in [0.15, 0.2) is 0 Å². The summed E-state index contributed by atoms with van der Waals surface area (Å²) in [5.41, 5.74) is 6.42. The average molecular weight is 283 g/mol. The van der Waals surface area contributed by atoms with Crippen molar-refractivity contribution in [2.75, 3.05) is 13.1 Å². The topological polar surface area (TPSA) is 85.8 Å². The maximum absolute atomic E-state index is 11.9. The monoisotopic (exact) mass is 283 g/mol. The number of nitrogens with one attached hydrogen (secondary N) is 1. The number of nitrogens with two attached hydrogens (primary N) is 1. The van der Waals surface area contributed by atoms with Crippen LogP contribution >= 0.6 is 0 Å². The van der Waals surface area contributed by atoms with Crippen molar-refractivity contribution < 1.29 is 4.79 Å². The first-order chi connectivity index (χ1) is 10.3. The fourth-order valence-electron chi connectivity index (χ4n) is 1.72. The second-order valence-corrected chi connectivity index (χ2v) is 4.32. The lowest BCUT2D eigenvalue weighted by Crippen LogP contribution is -2.26. The van der Waals surface area contributed by atoms with Gasteiger partial charge in [0.25, 0.3) is 5.91 Å². The van der Waals surface area contributed by atoms with Crippen LogP contribution in [-0.2, 0) is 6.54 Å². The summed E-state index contributed by atoms with van der Waals surface area (Å²) in [4.78, 5) is 16.0. The Labute approximate surface area is 123 Å². The highest BCUT2D eigenvalue weighted by Gasteiger charge is 2.05. The van der Waals surface area contributed by atoms with Crippen molar-refractivity contribution in [2.45, 2.75) is 13.0 Å². The molecular formula is C15H17N5O. The predicted octanol–water partition coefficient (Wildman–Crippen LogP) is 0.408. The molecule has 0 saturated heterocycles. The molecule has 108 valence electrons. The summed E-state index contributed by atoms with van der Waals surface area (Å²) in [6.45, 7) is 1.65. The van der Waals surface area contributed by atoms with Gasteiger partial charge < -0.3 is 11.1 Å². The van der Waals surface area contributed by atoms with Gasteiger partial charge in [0.05, 0.1) is 6.54 Å². The van der Waals surface area contributed by atoms with E-state index in [1.54, 1.807) is 24.5 Å². The van der Waals surface area contributed by atoms with Crippen LogP contribution in [0.15, 0.2) is 36.8 Å². The van der Waals surface area contributed by atoms with Crippen LogP contribution in [0.5, 0.6) is 0 Å². The molecule has 0 radical (unpaired) electrons. The molecule has 0 aliphatic rings. The predicted molar refractivity (Wildman–Crippen MR) is 79.3 cm³/mol. The van der Waals surface area contributed by atoms with Crippen LogP contribution < -0.4 is 11.1 Å². The molecule has 0 aromatic carbocycles. The highest BCUT2D eigenvalue weighted by molar-refractivity contribution is 5.92. The maximum atomic E-state index is 11.9. The van der Waals surface area contributed by atoms with E-state index < -0.39 is 0 Å². The zero-order chi connectivity index (χ0) is 14.9. The number of rotatable bonds is 5.